The lowest BCUT2D eigenvalue weighted by Gasteiger charge is -2.22. The third-order valence-electron chi connectivity index (χ3n) is 4.12. The fourth-order valence-corrected chi connectivity index (χ4v) is 4.41. The largest absolute Gasteiger partial charge is 0.462 e. The molecule has 0 bridgehead atoms. The van der Waals surface area contributed by atoms with Gasteiger partial charge in [0, 0.05) is 0 Å². The summed E-state index contributed by atoms with van der Waals surface area (Å²) < 4.78 is 19.6. The second kappa shape index (κ2) is 7.36. The van der Waals surface area contributed by atoms with Gasteiger partial charge in [-0.25, -0.2) is 19.2 Å². The van der Waals surface area contributed by atoms with Gasteiger partial charge in [0.1, 0.15) is 27.9 Å². The molecule has 0 atom stereocenters. The quantitative estimate of drug-likeness (QED) is 0.392. The molecule has 1 N–H and O–H groups in total. The highest BCUT2D eigenvalue weighted by Crippen LogP contribution is 2.44. The first-order valence-electron chi connectivity index (χ1n) is 8.41. The number of para-hydroxylation sites is 1. The van der Waals surface area contributed by atoms with Crippen molar-refractivity contribution in [2.75, 3.05) is 29.6 Å². The van der Waals surface area contributed by atoms with E-state index in [1.165, 1.54) is 22.7 Å². The van der Waals surface area contributed by atoms with Gasteiger partial charge in [-0.1, -0.05) is 23.9 Å². The van der Waals surface area contributed by atoms with E-state index in [-0.39, 0.29) is 23.7 Å². The molecule has 28 heavy (non-hydrogen) atoms. The SMILES string of the molecule is CCOC(=O)c1sc2nc(SC)nc3c2c1NC(=O)CN3c1ccccc1F. The first-order valence-corrected chi connectivity index (χ1v) is 10.4. The molecule has 3 aromatic rings. The molecule has 0 fully saturated rings. The fraction of sp³-hybridized carbons (Fsp3) is 0.222. The number of benzene rings is 1. The predicted octanol–water partition coefficient (Wildman–Crippen LogP) is 3.82. The Morgan fingerprint density at radius 1 is 1.39 bits per heavy atom. The molecule has 1 aliphatic rings. The second-order valence-electron chi connectivity index (χ2n) is 5.83. The number of ether oxygens (including phenoxy) is 1. The Hall–Kier alpha value is -2.72. The number of thioether (sulfide) groups is 1. The zero-order valence-electron chi connectivity index (χ0n) is 15.0. The molecule has 0 radical (unpaired) electrons. The summed E-state index contributed by atoms with van der Waals surface area (Å²) >= 11 is 2.44. The number of hydrogen-bond acceptors (Lipinski definition) is 8. The average Bonchev–Trinajstić information content (AvgIpc) is 2.97. The number of nitrogens with zero attached hydrogens (tertiary/aromatic N) is 3. The van der Waals surface area contributed by atoms with E-state index in [4.69, 9.17) is 4.74 Å². The van der Waals surface area contributed by atoms with Crippen molar-refractivity contribution in [3.8, 4) is 0 Å². The zero-order chi connectivity index (χ0) is 19.8. The van der Waals surface area contributed by atoms with E-state index >= 15 is 0 Å². The van der Waals surface area contributed by atoms with Gasteiger partial charge in [0.15, 0.2) is 5.16 Å². The molecule has 0 unspecified atom stereocenters. The van der Waals surface area contributed by atoms with Crippen LogP contribution in [0.5, 0.6) is 0 Å². The monoisotopic (exact) mass is 418 g/mol. The number of hydrogen-bond donors (Lipinski definition) is 1. The van der Waals surface area contributed by atoms with Crippen molar-refractivity contribution in [1.82, 2.24) is 9.97 Å². The first-order chi connectivity index (χ1) is 13.5. The lowest BCUT2D eigenvalue weighted by molar-refractivity contribution is -0.114. The van der Waals surface area contributed by atoms with Crippen LogP contribution in [-0.4, -0.2) is 41.3 Å². The van der Waals surface area contributed by atoms with Gasteiger partial charge in [-0.2, -0.15) is 0 Å². The van der Waals surface area contributed by atoms with Gasteiger partial charge in [-0.15, -0.1) is 11.3 Å². The summed E-state index contributed by atoms with van der Waals surface area (Å²) in [7, 11) is 0. The predicted molar refractivity (Wildman–Crippen MR) is 107 cm³/mol. The molecule has 4 rings (SSSR count). The minimum absolute atomic E-state index is 0.150. The van der Waals surface area contributed by atoms with Crippen molar-refractivity contribution in [3.63, 3.8) is 0 Å². The van der Waals surface area contributed by atoms with E-state index in [0.717, 1.165) is 11.3 Å². The van der Waals surface area contributed by atoms with Crippen molar-refractivity contribution >= 4 is 62.4 Å². The Morgan fingerprint density at radius 2 is 2.18 bits per heavy atom. The van der Waals surface area contributed by atoms with Crippen LogP contribution in [0.2, 0.25) is 0 Å². The van der Waals surface area contributed by atoms with Crippen LogP contribution in [0, 0.1) is 5.82 Å². The number of carbonyl (C=O) groups excluding carboxylic acids is 2. The molecule has 144 valence electrons. The summed E-state index contributed by atoms with van der Waals surface area (Å²) in [5.74, 6) is -1.04. The van der Waals surface area contributed by atoms with Crippen LogP contribution in [0.15, 0.2) is 29.4 Å². The standard InChI is InChI=1S/C18H15FN4O3S2/c1-3-26-17(25)14-13-12-15(21-18(27-2)22-16(12)28-14)23(8-11(24)20-13)10-7-5-4-6-9(10)19/h4-7H,3,8H2,1-2H3,(H,20,24). The third kappa shape index (κ3) is 3.08. The highest BCUT2D eigenvalue weighted by atomic mass is 32.2. The number of rotatable bonds is 4. The van der Waals surface area contributed by atoms with E-state index < -0.39 is 17.7 Å². The van der Waals surface area contributed by atoms with Crippen LogP contribution >= 0.6 is 23.1 Å². The molecule has 1 aromatic carbocycles. The molecule has 10 heteroatoms. The highest BCUT2D eigenvalue weighted by molar-refractivity contribution is 7.98. The van der Waals surface area contributed by atoms with Gasteiger partial charge in [-0.3, -0.25) is 4.79 Å². The van der Waals surface area contributed by atoms with Gasteiger partial charge in [0.25, 0.3) is 0 Å². The molecular formula is C18H15FN4O3S2. The highest BCUT2D eigenvalue weighted by Gasteiger charge is 2.32. The molecule has 0 saturated heterocycles. The number of thiophene rings is 1. The van der Waals surface area contributed by atoms with Gasteiger partial charge >= 0.3 is 5.97 Å². The van der Waals surface area contributed by atoms with Crippen molar-refractivity contribution in [3.05, 3.63) is 35.0 Å². The molecule has 2 aromatic heterocycles. The van der Waals surface area contributed by atoms with Crippen molar-refractivity contribution < 1.29 is 18.7 Å². The summed E-state index contributed by atoms with van der Waals surface area (Å²) in [5, 5.41) is 3.71. The van der Waals surface area contributed by atoms with E-state index in [2.05, 4.69) is 15.3 Å². The number of amides is 1. The van der Waals surface area contributed by atoms with Crippen LogP contribution in [0.4, 0.5) is 21.6 Å². The Labute approximate surface area is 167 Å². The molecule has 0 saturated carbocycles. The van der Waals surface area contributed by atoms with E-state index in [1.54, 1.807) is 25.1 Å². The van der Waals surface area contributed by atoms with Crippen LogP contribution < -0.4 is 10.2 Å². The van der Waals surface area contributed by atoms with E-state index in [9.17, 15) is 14.0 Å². The van der Waals surface area contributed by atoms with Gasteiger partial charge < -0.3 is 15.0 Å². The van der Waals surface area contributed by atoms with Crippen LogP contribution in [0.25, 0.3) is 10.2 Å². The number of carbonyl (C=O) groups is 2. The zero-order valence-corrected chi connectivity index (χ0v) is 16.6. The number of halogens is 1. The summed E-state index contributed by atoms with van der Waals surface area (Å²) in [6.45, 7) is 1.76. The molecular weight excluding hydrogens is 403 g/mol. The summed E-state index contributed by atoms with van der Waals surface area (Å²) in [6.07, 6.45) is 1.82. The first kappa shape index (κ1) is 18.6. The molecule has 0 aliphatic carbocycles. The van der Waals surface area contributed by atoms with Crippen LogP contribution in [-0.2, 0) is 9.53 Å². The third-order valence-corrected chi connectivity index (χ3v) is 5.73. The number of aromatic nitrogens is 2. The van der Waals surface area contributed by atoms with Crippen molar-refractivity contribution in [1.29, 1.82) is 0 Å². The van der Waals surface area contributed by atoms with E-state index in [0.29, 0.717) is 26.9 Å². The van der Waals surface area contributed by atoms with Crippen LogP contribution in [0.3, 0.4) is 0 Å². The fourth-order valence-electron chi connectivity index (χ4n) is 2.98. The maximum Gasteiger partial charge on any atom is 0.350 e. The minimum atomic E-state index is -0.545. The molecule has 3 heterocycles. The summed E-state index contributed by atoms with van der Waals surface area (Å²) in [4.78, 5) is 36.3. The molecule has 7 nitrogen and oxygen atoms in total. The Balaban J connectivity index is 2.02. The van der Waals surface area contributed by atoms with Crippen LogP contribution in [0.1, 0.15) is 16.6 Å². The normalized spacial score (nSPS) is 13.4. The minimum Gasteiger partial charge on any atom is -0.462 e. The van der Waals surface area contributed by atoms with Crippen molar-refractivity contribution in [2.24, 2.45) is 0 Å². The van der Waals surface area contributed by atoms with E-state index in [1.807, 2.05) is 6.26 Å². The Kier molecular flexibility index (Phi) is 4.90. The maximum atomic E-state index is 14.5. The number of esters is 1. The lowest BCUT2D eigenvalue weighted by atomic mass is 10.2. The Morgan fingerprint density at radius 3 is 2.89 bits per heavy atom. The lowest BCUT2D eigenvalue weighted by Crippen LogP contribution is -2.29. The summed E-state index contributed by atoms with van der Waals surface area (Å²) in [5.41, 5.74) is 0.534. The van der Waals surface area contributed by atoms with Gasteiger partial charge in [0.05, 0.1) is 23.4 Å². The number of anilines is 3. The second-order valence-corrected chi connectivity index (χ2v) is 7.60. The summed E-state index contributed by atoms with van der Waals surface area (Å²) in [6, 6.07) is 6.17. The number of nitrogens with one attached hydrogen (secondary N) is 1. The van der Waals surface area contributed by atoms with Gasteiger partial charge in [-0.05, 0) is 25.3 Å². The topological polar surface area (TPSA) is 84.4 Å². The Bertz CT molecular complexity index is 1100. The molecule has 1 amide bonds. The smallest absolute Gasteiger partial charge is 0.350 e. The maximum absolute atomic E-state index is 14.5. The van der Waals surface area contributed by atoms with Crippen molar-refractivity contribution in [2.45, 2.75) is 12.1 Å². The molecule has 1 aliphatic heterocycles. The van der Waals surface area contributed by atoms with Gasteiger partial charge in [0.2, 0.25) is 5.91 Å². The molecule has 0 spiro atoms. The average molecular weight is 418 g/mol.